The van der Waals surface area contributed by atoms with E-state index in [0.717, 1.165) is 109 Å². The van der Waals surface area contributed by atoms with Crippen LogP contribution in [0.5, 0.6) is 0 Å². The summed E-state index contributed by atoms with van der Waals surface area (Å²) in [4.78, 5) is 72.8. The molecule has 2 fully saturated rings. The van der Waals surface area contributed by atoms with E-state index in [9.17, 15) is 28.8 Å². The number of nitrogens with zero attached hydrogens (tertiary/aromatic N) is 2. The maximum absolute atomic E-state index is 12.6. The van der Waals surface area contributed by atoms with Crippen LogP contribution in [0.4, 0.5) is 4.79 Å². The molecular weight excluding hydrogens is 1100 g/mol. The zero-order chi connectivity index (χ0) is 67.9. The van der Waals surface area contributed by atoms with Gasteiger partial charge in [-0.25, -0.2) is 4.79 Å². The fraction of sp³-hybridized carbons (Fsp3) is 0.893. The molecule has 0 aromatic heterocycles. The third-order valence-electron chi connectivity index (χ3n) is 15.6. The second kappa shape index (κ2) is 77.8. The number of carbonyl (C=O) groups excluding carboxylic acids is 6. The zero-order valence-electron chi connectivity index (χ0n) is 61.7. The van der Waals surface area contributed by atoms with E-state index >= 15 is 0 Å². The van der Waals surface area contributed by atoms with Crippen molar-refractivity contribution in [2.24, 2.45) is 17.8 Å². The number of aldehydes is 1. The topological polar surface area (TPSA) is 155 Å². The van der Waals surface area contributed by atoms with E-state index in [2.05, 4.69) is 71.6 Å². The number of hydrogen-bond acceptors (Lipinski definition) is 12. The highest BCUT2D eigenvalue weighted by Gasteiger charge is 2.33. The SMILES string of the molecule is C=C(CC(CC)COC(=O)CCCCCCCC)OCC1CCCN1C(=O)OC1CCN(C)C1.CC.CC.CC.CCCC.CCCCCCCCC(=O)C(C)CC.CCCCCCCCC(=O)OCC(CC)CC(=O)OC.CCCCCCCCC=O. The molecule has 0 aromatic carbocycles. The molecule has 5 unspecified atom stereocenters. The normalized spacial score (nSPS) is 14.7. The van der Waals surface area contributed by atoms with Gasteiger partial charge >= 0.3 is 24.0 Å². The average molecular weight is 1260 g/mol. The Bertz CT molecular complexity index is 1510. The minimum absolute atomic E-state index is 0.0104. The molecule has 0 saturated carbocycles. The quantitative estimate of drug-likeness (QED) is 0.0187. The van der Waals surface area contributed by atoms with Gasteiger partial charge in [-0.2, -0.15) is 0 Å². The van der Waals surface area contributed by atoms with Gasteiger partial charge in [-0.1, -0.05) is 259 Å². The van der Waals surface area contributed by atoms with E-state index in [4.69, 9.17) is 18.9 Å². The van der Waals surface area contributed by atoms with Crippen LogP contribution in [0, 0.1) is 17.8 Å². The fourth-order valence-electron chi connectivity index (χ4n) is 9.23. The molecule has 0 N–H and O–H groups in total. The second-order valence-corrected chi connectivity index (χ2v) is 23.3. The fourth-order valence-corrected chi connectivity index (χ4v) is 9.23. The lowest BCUT2D eigenvalue weighted by Gasteiger charge is -2.26. The van der Waals surface area contributed by atoms with E-state index in [1.54, 1.807) is 0 Å². The van der Waals surface area contributed by atoms with Crippen molar-refractivity contribution in [3.63, 3.8) is 0 Å². The summed E-state index contributed by atoms with van der Waals surface area (Å²) in [6.07, 6.45) is 41.6. The zero-order valence-corrected chi connectivity index (χ0v) is 61.7. The first-order chi connectivity index (χ1) is 42.6. The Morgan fingerprint density at radius 1 is 0.511 bits per heavy atom. The lowest BCUT2D eigenvalue weighted by atomic mass is 9.98. The van der Waals surface area contributed by atoms with E-state index in [0.29, 0.717) is 63.6 Å². The predicted octanol–water partition coefficient (Wildman–Crippen LogP) is 21.6. The van der Waals surface area contributed by atoms with Crippen molar-refractivity contribution in [1.82, 2.24) is 9.80 Å². The number of likely N-dealkylation sites (tertiary alicyclic amines) is 2. The van der Waals surface area contributed by atoms with Crippen LogP contribution in [0.1, 0.15) is 355 Å². The van der Waals surface area contributed by atoms with E-state index < -0.39 is 0 Å². The largest absolute Gasteiger partial charge is 0.496 e. The summed E-state index contributed by atoms with van der Waals surface area (Å²) in [5, 5.41) is 0. The van der Waals surface area contributed by atoms with Gasteiger partial charge < -0.3 is 38.3 Å². The van der Waals surface area contributed by atoms with Crippen LogP contribution < -0.4 is 0 Å². The molecule has 5 atom stereocenters. The summed E-state index contributed by atoms with van der Waals surface area (Å²) in [6, 6.07) is 0.0265. The van der Waals surface area contributed by atoms with Gasteiger partial charge in [-0.15, -0.1) is 0 Å². The van der Waals surface area contributed by atoms with E-state index in [-0.39, 0.29) is 53.9 Å². The van der Waals surface area contributed by atoms with Crippen LogP contribution in [-0.4, -0.2) is 112 Å². The van der Waals surface area contributed by atoms with Crippen LogP contribution in [0.15, 0.2) is 12.3 Å². The van der Waals surface area contributed by atoms with Crippen LogP contribution in [-0.2, 0) is 47.7 Å². The van der Waals surface area contributed by atoms with Crippen molar-refractivity contribution >= 4 is 36.1 Å². The van der Waals surface area contributed by atoms with Gasteiger partial charge in [0.05, 0.1) is 38.5 Å². The molecule has 13 nitrogen and oxygen atoms in total. The summed E-state index contributed by atoms with van der Waals surface area (Å²) >= 11 is 0. The molecule has 0 bridgehead atoms. The Hall–Kier alpha value is -3.48. The first-order valence-corrected chi connectivity index (χ1v) is 36.9. The maximum atomic E-state index is 12.6. The monoisotopic (exact) mass is 1260 g/mol. The van der Waals surface area contributed by atoms with Crippen molar-refractivity contribution in [1.29, 1.82) is 0 Å². The van der Waals surface area contributed by atoms with Gasteiger partial charge in [0.15, 0.2) is 0 Å². The highest BCUT2D eigenvalue weighted by molar-refractivity contribution is 5.80. The number of rotatable bonds is 45. The molecule has 2 aliphatic rings. The number of Topliss-reactive ketones (excluding diaryl/α,β-unsaturated/α-hetero) is 1. The number of esters is 3. The first kappa shape index (κ1) is 95.6. The third kappa shape index (κ3) is 66.9. The molecule has 13 heteroatoms. The molecular formula is C75H150N2O11. The molecule has 2 heterocycles. The Morgan fingerprint density at radius 3 is 1.32 bits per heavy atom. The number of likely N-dealkylation sites (N-methyl/N-ethyl adjacent to an activating group) is 1. The molecule has 526 valence electrons. The minimum atomic E-state index is -0.246. The summed E-state index contributed by atoms with van der Waals surface area (Å²) in [5.41, 5.74) is 0. The molecule has 2 saturated heterocycles. The molecule has 0 aromatic rings. The lowest BCUT2D eigenvalue weighted by molar-refractivity contribution is -0.148. The summed E-state index contributed by atoms with van der Waals surface area (Å²) in [7, 11) is 3.42. The molecule has 88 heavy (non-hydrogen) atoms. The number of amides is 1. The number of unbranched alkanes of at least 4 members (excludes halogenated alkanes) is 22. The van der Waals surface area contributed by atoms with Crippen molar-refractivity contribution in [3.05, 3.63) is 12.3 Å². The number of methoxy groups -OCH3 is 1. The minimum Gasteiger partial charge on any atom is -0.496 e. The van der Waals surface area contributed by atoms with Crippen molar-refractivity contribution in [2.45, 2.75) is 367 Å². The van der Waals surface area contributed by atoms with E-state index in [1.807, 2.05) is 67.3 Å². The van der Waals surface area contributed by atoms with Crippen molar-refractivity contribution in [2.75, 3.05) is 53.6 Å². The van der Waals surface area contributed by atoms with Gasteiger partial charge in [0.1, 0.15) is 24.8 Å². The van der Waals surface area contributed by atoms with Crippen LogP contribution in [0.3, 0.4) is 0 Å². The average Bonchev–Trinajstić information content (AvgIpc) is 4.45. The molecule has 0 spiro atoms. The van der Waals surface area contributed by atoms with Crippen LogP contribution >= 0.6 is 0 Å². The van der Waals surface area contributed by atoms with Gasteiger partial charge in [0, 0.05) is 63.6 Å². The van der Waals surface area contributed by atoms with E-state index in [1.165, 1.54) is 136 Å². The molecule has 0 radical (unpaired) electrons. The number of ether oxygens (including phenoxy) is 5. The third-order valence-corrected chi connectivity index (χ3v) is 15.6. The molecule has 0 aliphatic carbocycles. The van der Waals surface area contributed by atoms with Gasteiger partial charge in [-0.05, 0) is 77.2 Å². The second-order valence-electron chi connectivity index (χ2n) is 23.3. The Balaban J connectivity index is -0.000000264. The Morgan fingerprint density at radius 2 is 0.932 bits per heavy atom. The smallest absolute Gasteiger partial charge is 0.410 e. The van der Waals surface area contributed by atoms with Crippen LogP contribution in [0.25, 0.3) is 0 Å². The first-order valence-electron chi connectivity index (χ1n) is 36.9. The number of carbonyl (C=O) groups is 6. The van der Waals surface area contributed by atoms with Crippen LogP contribution in [0.2, 0.25) is 0 Å². The number of allylic oxidation sites excluding steroid dienone is 1. The number of hydrogen-bond donors (Lipinski definition) is 0. The van der Waals surface area contributed by atoms with Gasteiger partial charge in [0.2, 0.25) is 0 Å². The Kier molecular flexibility index (Phi) is 84.5. The molecule has 2 aliphatic heterocycles. The lowest BCUT2D eigenvalue weighted by Crippen LogP contribution is -2.40. The van der Waals surface area contributed by atoms with Gasteiger partial charge in [-0.3, -0.25) is 19.2 Å². The highest BCUT2D eigenvalue weighted by atomic mass is 16.6. The summed E-state index contributed by atoms with van der Waals surface area (Å²) in [6.45, 7) is 41.1. The van der Waals surface area contributed by atoms with Gasteiger partial charge in [0.25, 0.3) is 0 Å². The standard InChI is InChI=1S/C27H48N2O5.C16H30O4.C13H26O.C9H18O.C4H10.3C2H6/c1-5-7-8-9-10-11-14-26(30)33-20-23(6-2)18-22(3)32-21-24-13-12-16-29(24)27(31)34-25-15-17-28(4)19-25;1-4-6-7-8-9-10-11-15(17)20-13-14(5-2)12-16(18)19-3;1-4-6-7-8-9-10-11-13(14)12(3)5-2;1-2-3-4-5-6-7-8-9-10;1-3-4-2;3*1-2/h23-25H,3,5-21H2,1-2,4H3;14H,4-13H2,1-3H3;12H,4-11H2,1-3H3;9H,2-8H2,1H3;3-4H2,1-2H3;3*1-2H3. The predicted molar refractivity (Wildman–Crippen MR) is 375 cm³/mol. The number of ketones is 1. The maximum Gasteiger partial charge on any atom is 0.410 e. The molecule has 2 rings (SSSR count). The van der Waals surface area contributed by atoms with Crippen molar-refractivity contribution in [3.8, 4) is 0 Å². The Labute approximate surface area is 546 Å². The highest BCUT2D eigenvalue weighted by Crippen LogP contribution is 2.24. The summed E-state index contributed by atoms with van der Waals surface area (Å²) < 4.78 is 27.0. The molecule has 1 amide bonds. The summed E-state index contributed by atoms with van der Waals surface area (Å²) in [5.74, 6) is 1.20. The van der Waals surface area contributed by atoms with Crippen molar-refractivity contribution < 1.29 is 52.5 Å².